The average Bonchev–Trinajstić information content (AvgIpc) is 3.16. The molecule has 4 rings (SSSR count). The predicted molar refractivity (Wildman–Crippen MR) is 130 cm³/mol. The van der Waals surface area contributed by atoms with Crippen LogP contribution in [0.1, 0.15) is 49.9 Å². The first-order valence-corrected chi connectivity index (χ1v) is 13.5. The summed E-state index contributed by atoms with van der Waals surface area (Å²) in [5, 5.41) is 0. The number of aryl methyl sites for hydroxylation is 1. The number of thiazole rings is 1. The SMILES string of the molecule is CCCn1c(=NC(=O)c2ccc(S(=O)(=O)N3CCCCC3C)cc2)sc2cccc(OC)c21. The van der Waals surface area contributed by atoms with Gasteiger partial charge in [0.05, 0.1) is 16.7 Å². The van der Waals surface area contributed by atoms with Crippen molar-refractivity contribution in [1.82, 2.24) is 8.87 Å². The average molecular weight is 488 g/mol. The molecule has 1 unspecified atom stereocenters. The number of aromatic nitrogens is 1. The van der Waals surface area contributed by atoms with Gasteiger partial charge < -0.3 is 9.30 Å². The normalized spacial score (nSPS) is 18.0. The van der Waals surface area contributed by atoms with Crippen molar-refractivity contribution in [1.29, 1.82) is 0 Å². The van der Waals surface area contributed by atoms with E-state index in [4.69, 9.17) is 4.74 Å². The Morgan fingerprint density at radius 1 is 1.18 bits per heavy atom. The Kier molecular flexibility index (Phi) is 7.02. The molecular weight excluding hydrogens is 458 g/mol. The molecule has 176 valence electrons. The third-order valence-electron chi connectivity index (χ3n) is 5.98. The number of benzene rings is 2. The highest BCUT2D eigenvalue weighted by Crippen LogP contribution is 2.28. The quantitative estimate of drug-likeness (QED) is 0.515. The second-order valence-electron chi connectivity index (χ2n) is 8.25. The molecule has 0 spiro atoms. The van der Waals surface area contributed by atoms with Gasteiger partial charge in [-0.3, -0.25) is 4.79 Å². The highest BCUT2D eigenvalue weighted by Gasteiger charge is 2.30. The van der Waals surface area contributed by atoms with Crippen molar-refractivity contribution in [3.63, 3.8) is 0 Å². The number of rotatable bonds is 6. The molecule has 0 N–H and O–H groups in total. The summed E-state index contributed by atoms with van der Waals surface area (Å²) in [6.07, 6.45) is 3.67. The number of para-hydroxylation sites is 1. The molecule has 9 heteroatoms. The zero-order chi connectivity index (χ0) is 23.6. The van der Waals surface area contributed by atoms with Crippen LogP contribution in [-0.4, -0.2) is 42.9 Å². The van der Waals surface area contributed by atoms with Crippen LogP contribution in [0.25, 0.3) is 10.2 Å². The first-order chi connectivity index (χ1) is 15.9. The number of fused-ring (bicyclic) bond motifs is 1. The minimum Gasteiger partial charge on any atom is -0.495 e. The smallest absolute Gasteiger partial charge is 0.279 e. The maximum atomic E-state index is 13.1. The fraction of sp³-hybridized carbons (Fsp3) is 0.417. The minimum absolute atomic E-state index is 0.0148. The van der Waals surface area contributed by atoms with E-state index in [9.17, 15) is 13.2 Å². The van der Waals surface area contributed by atoms with Gasteiger partial charge >= 0.3 is 0 Å². The van der Waals surface area contributed by atoms with E-state index in [1.807, 2.05) is 29.7 Å². The zero-order valence-electron chi connectivity index (χ0n) is 19.2. The van der Waals surface area contributed by atoms with E-state index in [0.717, 1.165) is 41.6 Å². The van der Waals surface area contributed by atoms with Gasteiger partial charge in [-0.1, -0.05) is 30.7 Å². The summed E-state index contributed by atoms with van der Waals surface area (Å²) in [6.45, 7) is 5.25. The van der Waals surface area contributed by atoms with Crippen molar-refractivity contribution >= 4 is 37.5 Å². The van der Waals surface area contributed by atoms with E-state index in [2.05, 4.69) is 11.9 Å². The number of carbonyl (C=O) groups excluding carboxylic acids is 1. The van der Waals surface area contributed by atoms with Crippen LogP contribution in [0.2, 0.25) is 0 Å². The van der Waals surface area contributed by atoms with Gasteiger partial charge in [0.2, 0.25) is 10.0 Å². The summed E-state index contributed by atoms with van der Waals surface area (Å²) >= 11 is 1.44. The van der Waals surface area contributed by atoms with Crippen LogP contribution >= 0.6 is 11.3 Å². The van der Waals surface area contributed by atoms with E-state index in [1.165, 1.54) is 23.5 Å². The Morgan fingerprint density at radius 2 is 1.94 bits per heavy atom. The lowest BCUT2D eigenvalue weighted by Gasteiger charge is -2.32. The molecule has 0 saturated carbocycles. The van der Waals surface area contributed by atoms with Crippen molar-refractivity contribution in [3.05, 3.63) is 52.8 Å². The van der Waals surface area contributed by atoms with E-state index in [1.54, 1.807) is 23.5 Å². The number of sulfonamides is 1. The van der Waals surface area contributed by atoms with Gasteiger partial charge in [-0.05, 0) is 62.6 Å². The van der Waals surface area contributed by atoms with Crippen molar-refractivity contribution in [2.24, 2.45) is 4.99 Å². The fourth-order valence-electron chi connectivity index (χ4n) is 4.26. The Hall–Kier alpha value is -2.49. The Morgan fingerprint density at radius 3 is 2.61 bits per heavy atom. The number of ether oxygens (including phenoxy) is 1. The van der Waals surface area contributed by atoms with Crippen molar-refractivity contribution in [2.75, 3.05) is 13.7 Å². The number of hydrogen-bond acceptors (Lipinski definition) is 5. The molecule has 1 aliphatic rings. The second kappa shape index (κ2) is 9.79. The number of nitrogens with zero attached hydrogens (tertiary/aromatic N) is 3. The lowest BCUT2D eigenvalue weighted by Crippen LogP contribution is -2.41. The summed E-state index contributed by atoms with van der Waals surface area (Å²) in [5.41, 5.74) is 1.28. The van der Waals surface area contributed by atoms with Crippen LogP contribution < -0.4 is 9.54 Å². The summed E-state index contributed by atoms with van der Waals surface area (Å²) in [6, 6.07) is 11.9. The summed E-state index contributed by atoms with van der Waals surface area (Å²) in [5.74, 6) is 0.341. The van der Waals surface area contributed by atoms with Crippen LogP contribution in [0.4, 0.5) is 0 Å². The first-order valence-electron chi connectivity index (χ1n) is 11.2. The maximum absolute atomic E-state index is 13.1. The number of amides is 1. The van der Waals surface area contributed by atoms with Crippen LogP contribution in [0.15, 0.2) is 52.4 Å². The third kappa shape index (κ3) is 4.62. The van der Waals surface area contributed by atoms with E-state index < -0.39 is 15.9 Å². The highest BCUT2D eigenvalue weighted by molar-refractivity contribution is 7.89. The van der Waals surface area contributed by atoms with Gasteiger partial charge in [0.25, 0.3) is 5.91 Å². The Bertz CT molecular complexity index is 1320. The molecule has 1 aromatic heterocycles. The molecule has 1 amide bonds. The molecule has 1 saturated heterocycles. The van der Waals surface area contributed by atoms with Gasteiger partial charge in [0.15, 0.2) is 4.80 Å². The molecule has 33 heavy (non-hydrogen) atoms. The van der Waals surface area contributed by atoms with Gasteiger partial charge in [0.1, 0.15) is 11.3 Å². The first kappa shape index (κ1) is 23.7. The van der Waals surface area contributed by atoms with Crippen molar-refractivity contribution < 1.29 is 17.9 Å². The fourth-order valence-corrected chi connectivity index (χ4v) is 7.04. The Balaban J connectivity index is 1.67. The Labute approximate surface area is 198 Å². The third-order valence-corrected chi connectivity index (χ3v) is 9.05. The van der Waals surface area contributed by atoms with Gasteiger partial charge in [-0.2, -0.15) is 9.30 Å². The number of methoxy groups -OCH3 is 1. The summed E-state index contributed by atoms with van der Waals surface area (Å²) in [4.78, 5) is 18.1. The van der Waals surface area contributed by atoms with E-state index in [0.29, 0.717) is 23.5 Å². The molecule has 2 aromatic carbocycles. The molecule has 2 heterocycles. The molecule has 1 aliphatic heterocycles. The molecule has 1 fully saturated rings. The highest BCUT2D eigenvalue weighted by atomic mass is 32.2. The molecule has 0 aliphatic carbocycles. The minimum atomic E-state index is -3.58. The number of piperidine rings is 1. The molecule has 1 atom stereocenters. The maximum Gasteiger partial charge on any atom is 0.279 e. The standard InChI is InChI=1S/C24H29N3O4S2/c1-4-15-26-22-20(31-3)9-7-10-21(22)32-24(26)25-23(28)18-11-13-19(14-12-18)33(29,30)27-16-6-5-8-17(27)2/h7,9-14,17H,4-6,8,15-16H2,1-3H3. The molecule has 0 bridgehead atoms. The monoisotopic (exact) mass is 487 g/mol. The van der Waals surface area contributed by atoms with Crippen LogP contribution in [0, 0.1) is 0 Å². The summed E-state index contributed by atoms with van der Waals surface area (Å²) in [7, 11) is -1.95. The van der Waals surface area contributed by atoms with Crippen LogP contribution in [-0.2, 0) is 16.6 Å². The topological polar surface area (TPSA) is 81.0 Å². The lowest BCUT2D eigenvalue weighted by atomic mass is 10.1. The second-order valence-corrected chi connectivity index (χ2v) is 11.1. The molecule has 7 nitrogen and oxygen atoms in total. The number of hydrogen-bond donors (Lipinski definition) is 0. The van der Waals surface area contributed by atoms with E-state index in [-0.39, 0.29) is 10.9 Å². The molecule has 0 radical (unpaired) electrons. The van der Waals surface area contributed by atoms with Gasteiger partial charge in [-0.15, -0.1) is 0 Å². The van der Waals surface area contributed by atoms with Gasteiger partial charge in [-0.25, -0.2) is 8.42 Å². The van der Waals surface area contributed by atoms with E-state index >= 15 is 0 Å². The van der Waals surface area contributed by atoms with Crippen molar-refractivity contribution in [3.8, 4) is 5.75 Å². The van der Waals surface area contributed by atoms with Crippen LogP contribution in [0.3, 0.4) is 0 Å². The zero-order valence-corrected chi connectivity index (χ0v) is 20.8. The molecule has 3 aromatic rings. The lowest BCUT2D eigenvalue weighted by molar-refractivity contribution is 0.0997. The van der Waals surface area contributed by atoms with Gasteiger partial charge in [0, 0.05) is 24.7 Å². The van der Waals surface area contributed by atoms with Crippen molar-refractivity contribution in [2.45, 2.75) is 57.0 Å². The van der Waals surface area contributed by atoms with Crippen LogP contribution in [0.5, 0.6) is 5.75 Å². The predicted octanol–water partition coefficient (Wildman–Crippen LogP) is 4.43. The largest absolute Gasteiger partial charge is 0.495 e. The number of carbonyl (C=O) groups is 1. The summed E-state index contributed by atoms with van der Waals surface area (Å²) < 4.78 is 36.2. The molecular formula is C24H29N3O4S2.